The van der Waals surface area contributed by atoms with Crippen molar-refractivity contribution in [3.8, 4) is 0 Å². The topological polar surface area (TPSA) is 41.3 Å². The van der Waals surface area contributed by atoms with Crippen LogP contribution in [0.3, 0.4) is 0 Å². The Hall–Kier alpha value is -1.55. The number of rotatable bonds is 3. The van der Waals surface area contributed by atoms with Crippen LogP contribution in [0.1, 0.15) is 12.8 Å². The average Bonchev–Trinajstić information content (AvgIpc) is 2.92. The molecule has 0 spiro atoms. The molecular weight excluding hydrogens is 214 g/mol. The van der Waals surface area contributed by atoms with Gasteiger partial charge < -0.3 is 14.6 Å². The molecule has 4 heteroatoms. The van der Waals surface area contributed by atoms with Crippen molar-refractivity contribution >= 4 is 17.1 Å². The van der Waals surface area contributed by atoms with Gasteiger partial charge in [0.15, 0.2) is 5.58 Å². The Morgan fingerprint density at radius 2 is 2.35 bits per heavy atom. The van der Waals surface area contributed by atoms with Crippen molar-refractivity contribution in [2.24, 2.45) is 0 Å². The Balaban J connectivity index is 1.68. The lowest BCUT2D eigenvalue weighted by Gasteiger charge is -2.18. The maximum absolute atomic E-state index is 5.62. The van der Waals surface area contributed by atoms with Crippen LogP contribution < -0.4 is 5.32 Å². The summed E-state index contributed by atoms with van der Waals surface area (Å²) < 4.78 is 5.62. The van der Waals surface area contributed by atoms with Crippen LogP contribution in [0.5, 0.6) is 0 Å². The molecule has 1 atom stereocenters. The smallest absolute Gasteiger partial charge is 0.295 e. The SMILES string of the molecule is CN1CCCC1CNc1nc2ccccc2o1. The quantitative estimate of drug-likeness (QED) is 0.880. The molecular formula is C13H17N3O. The lowest BCUT2D eigenvalue weighted by atomic mass is 10.2. The van der Waals surface area contributed by atoms with Gasteiger partial charge in [0.1, 0.15) is 5.52 Å². The summed E-state index contributed by atoms with van der Waals surface area (Å²) in [4.78, 5) is 6.79. The van der Waals surface area contributed by atoms with Crippen LogP contribution >= 0.6 is 0 Å². The van der Waals surface area contributed by atoms with Gasteiger partial charge in [0.05, 0.1) is 0 Å². The normalized spacial score (nSPS) is 21.1. The number of aromatic nitrogens is 1. The van der Waals surface area contributed by atoms with Crippen LogP contribution in [0.4, 0.5) is 6.01 Å². The van der Waals surface area contributed by atoms with Crippen LogP contribution in [-0.4, -0.2) is 36.1 Å². The average molecular weight is 231 g/mol. The van der Waals surface area contributed by atoms with Crippen molar-refractivity contribution in [2.75, 3.05) is 25.5 Å². The maximum atomic E-state index is 5.62. The molecule has 4 nitrogen and oxygen atoms in total. The van der Waals surface area contributed by atoms with Crippen molar-refractivity contribution < 1.29 is 4.42 Å². The number of hydrogen-bond acceptors (Lipinski definition) is 4. The Kier molecular flexibility index (Phi) is 2.73. The number of anilines is 1. The lowest BCUT2D eigenvalue weighted by molar-refractivity contribution is 0.321. The molecule has 1 saturated heterocycles. The van der Waals surface area contributed by atoms with Crippen molar-refractivity contribution in [3.63, 3.8) is 0 Å². The highest BCUT2D eigenvalue weighted by Crippen LogP contribution is 2.19. The van der Waals surface area contributed by atoms with E-state index in [1.54, 1.807) is 0 Å². The van der Waals surface area contributed by atoms with E-state index in [0.717, 1.165) is 17.6 Å². The van der Waals surface area contributed by atoms with Gasteiger partial charge in [0.2, 0.25) is 0 Å². The molecule has 1 aliphatic rings. The molecule has 90 valence electrons. The second-order valence-corrected chi connectivity index (χ2v) is 4.64. The summed E-state index contributed by atoms with van der Waals surface area (Å²) in [6.45, 7) is 2.10. The maximum Gasteiger partial charge on any atom is 0.295 e. The number of likely N-dealkylation sites (tertiary alicyclic amines) is 1. The Bertz CT molecular complexity index is 475. The molecule has 17 heavy (non-hydrogen) atoms. The molecule has 2 heterocycles. The van der Waals surface area contributed by atoms with Crippen molar-refractivity contribution in [2.45, 2.75) is 18.9 Å². The highest BCUT2D eigenvalue weighted by atomic mass is 16.4. The summed E-state index contributed by atoms with van der Waals surface area (Å²) in [6.07, 6.45) is 2.54. The second-order valence-electron chi connectivity index (χ2n) is 4.64. The molecule has 1 N–H and O–H groups in total. The Morgan fingerprint density at radius 1 is 1.47 bits per heavy atom. The standard InChI is InChI=1S/C13H17N3O/c1-16-8-4-5-10(16)9-14-13-15-11-6-2-3-7-12(11)17-13/h2-3,6-7,10H,4-5,8-9H2,1H3,(H,14,15). The number of hydrogen-bond donors (Lipinski definition) is 1. The summed E-state index contributed by atoms with van der Waals surface area (Å²) in [5.41, 5.74) is 1.75. The van der Waals surface area contributed by atoms with E-state index < -0.39 is 0 Å². The van der Waals surface area contributed by atoms with Gasteiger partial charge in [-0.1, -0.05) is 12.1 Å². The van der Waals surface area contributed by atoms with Crippen molar-refractivity contribution in [1.82, 2.24) is 9.88 Å². The van der Waals surface area contributed by atoms with Gasteiger partial charge in [0, 0.05) is 12.6 Å². The third kappa shape index (κ3) is 2.13. The fourth-order valence-electron chi connectivity index (χ4n) is 2.39. The van der Waals surface area contributed by atoms with Gasteiger partial charge >= 0.3 is 0 Å². The molecule has 1 fully saturated rings. The first-order valence-corrected chi connectivity index (χ1v) is 6.12. The van der Waals surface area contributed by atoms with Crippen LogP contribution in [0, 0.1) is 0 Å². The minimum Gasteiger partial charge on any atom is -0.424 e. The minimum absolute atomic E-state index is 0.602. The predicted molar refractivity (Wildman–Crippen MR) is 68.2 cm³/mol. The van der Waals surface area contributed by atoms with Gasteiger partial charge in [0.25, 0.3) is 6.01 Å². The summed E-state index contributed by atoms with van der Waals surface area (Å²) in [5.74, 6) is 0. The molecule has 1 aliphatic heterocycles. The molecule has 1 aromatic carbocycles. The van der Waals surface area contributed by atoms with Crippen LogP contribution in [0.25, 0.3) is 11.1 Å². The van der Waals surface area contributed by atoms with Crippen LogP contribution in [0.15, 0.2) is 28.7 Å². The van der Waals surface area contributed by atoms with Gasteiger partial charge in [-0.2, -0.15) is 4.98 Å². The van der Waals surface area contributed by atoms with Crippen LogP contribution in [-0.2, 0) is 0 Å². The second kappa shape index (κ2) is 4.37. The first-order valence-electron chi connectivity index (χ1n) is 6.12. The van der Waals surface area contributed by atoms with Crippen molar-refractivity contribution in [1.29, 1.82) is 0 Å². The first-order chi connectivity index (χ1) is 8.33. The zero-order valence-electron chi connectivity index (χ0n) is 10.0. The number of fused-ring (bicyclic) bond motifs is 1. The number of nitrogens with zero attached hydrogens (tertiary/aromatic N) is 2. The summed E-state index contributed by atoms with van der Waals surface area (Å²) in [5, 5.41) is 3.29. The van der Waals surface area contributed by atoms with Crippen LogP contribution in [0.2, 0.25) is 0 Å². The Labute approximate surface area is 101 Å². The molecule has 3 rings (SSSR count). The molecule has 1 aromatic heterocycles. The van der Waals surface area contributed by atoms with Gasteiger partial charge in [-0.05, 0) is 38.6 Å². The highest BCUT2D eigenvalue weighted by molar-refractivity contribution is 5.74. The largest absolute Gasteiger partial charge is 0.424 e. The minimum atomic E-state index is 0.602. The van der Waals surface area contributed by atoms with E-state index >= 15 is 0 Å². The zero-order chi connectivity index (χ0) is 11.7. The summed E-state index contributed by atoms with van der Waals surface area (Å²) in [6, 6.07) is 9.07. The highest BCUT2D eigenvalue weighted by Gasteiger charge is 2.20. The van der Waals surface area contributed by atoms with E-state index in [-0.39, 0.29) is 0 Å². The van der Waals surface area contributed by atoms with E-state index in [0.29, 0.717) is 12.1 Å². The number of likely N-dealkylation sites (N-methyl/N-ethyl adjacent to an activating group) is 1. The molecule has 0 bridgehead atoms. The fourth-order valence-corrected chi connectivity index (χ4v) is 2.39. The molecule has 0 radical (unpaired) electrons. The fraction of sp³-hybridized carbons (Fsp3) is 0.462. The van der Waals surface area contributed by atoms with Gasteiger partial charge in [-0.25, -0.2) is 0 Å². The third-order valence-electron chi connectivity index (χ3n) is 3.45. The number of nitrogens with one attached hydrogen (secondary N) is 1. The predicted octanol–water partition coefficient (Wildman–Crippen LogP) is 2.33. The summed E-state index contributed by atoms with van der Waals surface area (Å²) in [7, 11) is 2.17. The molecule has 2 aromatic rings. The third-order valence-corrected chi connectivity index (χ3v) is 3.45. The molecule has 0 saturated carbocycles. The molecule has 0 amide bonds. The number of benzene rings is 1. The van der Waals surface area contributed by atoms with E-state index in [1.807, 2.05) is 24.3 Å². The zero-order valence-corrected chi connectivity index (χ0v) is 10.0. The van der Waals surface area contributed by atoms with Gasteiger partial charge in [-0.15, -0.1) is 0 Å². The number of oxazole rings is 1. The van der Waals surface area contributed by atoms with Crippen molar-refractivity contribution in [3.05, 3.63) is 24.3 Å². The molecule has 0 aliphatic carbocycles. The van der Waals surface area contributed by atoms with E-state index in [4.69, 9.17) is 4.42 Å². The first kappa shape index (κ1) is 10.6. The van der Waals surface area contributed by atoms with E-state index in [1.165, 1.54) is 19.4 Å². The Morgan fingerprint density at radius 3 is 3.12 bits per heavy atom. The monoisotopic (exact) mass is 231 g/mol. The lowest BCUT2D eigenvalue weighted by Crippen LogP contribution is -2.31. The number of para-hydroxylation sites is 2. The van der Waals surface area contributed by atoms with E-state index in [2.05, 4.69) is 22.2 Å². The molecule has 1 unspecified atom stereocenters. The van der Waals surface area contributed by atoms with E-state index in [9.17, 15) is 0 Å². The van der Waals surface area contributed by atoms with Gasteiger partial charge in [-0.3, -0.25) is 0 Å². The summed E-state index contributed by atoms with van der Waals surface area (Å²) >= 11 is 0.